The predicted octanol–water partition coefficient (Wildman–Crippen LogP) is 3.23. The van der Waals surface area contributed by atoms with Gasteiger partial charge in [0.25, 0.3) is 0 Å². The lowest BCUT2D eigenvalue weighted by molar-refractivity contribution is 1.04. The highest BCUT2D eigenvalue weighted by atomic mass is 127. The Hall–Kier alpha value is 0.170. The number of pyridine rings is 1. The zero-order valence-corrected chi connectivity index (χ0v) is 8.43. The summed E-state index contributed by atoms with van der Waals surface area (Å²) in [7, 11) is 0. The van der Waals surface area contributed by atoms with Crippen LogP contribution >= 0.6 is 34.2 Å². The van der Waals surface area contributed by atoms with Gasteiger partial charge in [-0.15, -0.1) is 0 Å². The fourth-order valence-corrected chi connectivity index (χ4v) is 1.15. The molecule has 1 nitrogen and oxygen atoms in total. The number of halogens is 2. The molecule has 0 N–H and O–H groups in total. The molecule has 0 aliphatic heterocycles. The molecule has 10 heavy (non-hydrogen) atoms. The maximum absolute atomic E-state index is 5.75. The summed E-state index contributed by atoms with van der Waals surface area (Å²) in [4.78, 5) is 4.15. The first-order valence-electron chi connectivity index (χ1n) is 2.95. The van der Waals surface area contributed by atoms with Gasteiger partial charge in [-0.3, -0.25) is 4.98 Å². The molecule has 0 saturated heterocycles. The van der Waals surface area contributed by atoms with Crippen LogP contribution in [0.2, 0.25) is 5.02 Å². The Morgan fingerprint density at radius 3 is 2.80 bits per heavy atom. The van der Waals surface area contributed by atoms with Crippen LogP contribution in [0.25, 0.3) is 0 Å². The first kappa shape index (κ1) is 8.27. The molecule has 0 aliphatic rings. The van der Waals surface area contributed by atoms with Gasteiger partial charge < -0.3 is 0 Å². The van der Waals surface area contributed by atoms with Crippen LogP contribution < -0.4 is 0 Å². The van der Waals surface area contributed by atoms with E-state index in [-0.39, 0.29) is 0 Å². The molecule has 1 aromatic rings. The molecule has 1 heterocycles. The van der Waals surface area contributed by atoms with Gasteiger partial charge >= 0.3 is 0 Å². The number of aromatic nitrogens is 1. The lowest BCUT2D eigenvalue weighted by Crippen LogP contribution is -1.86. The van der Waals surface area contributed by atoms with Crippen molar-refractivity contribution in [3.63, 3.8) is 0 Å². The minimum atomic E-state index is 0.427. The van der Waals surface area contributed by atoms with Gasteiger partial charge in [-0.25, -0.2) is 0 Å². The summed E-state index contributed by atoms with van der Waals surface area (Å²) in [6, 6.07) is 3.67. The highest BCUT2D eigenvalue weighted by Gasteiger charge is 2.00. The van der Waals surface area contributed by atoms with Crippen LogP contribution in [0, 0.1) is 0 Å². The van der Waals surface area contributed by atoms with Crippen molar-refractivity contribution in [3.05, 3.63) is 29.0 Å². The van der Waals surface area contributed by atoms with Crippen LogP contribution in [-0.4, -0.2) is 4.98 Å². The Bertz CT molecular complexity index is 225. The molecule has 1 rings (SSSR count). The van der Waals surface area contributed by atoms with Crippen molar-refractivity contribution in [2.75, 3.05) is 0 Å². The first-order valence-corrected chi connectivity index (χ1v) is 4.58. The fraction of sp³-hybridized carbons (Fsp3) is 0.286. The second kappa shape index (κ2) is 3.53. The maximum Gasteiger partial charge on any atom is 0.0543 e. The largest absolute Gasteiger partial charge is 0.260 e. The summed E-state index contributed by atoms with van der Waals surface area (Å²) in [5.41, 5.74) is 1.04. The molecular formula is C7H7ClIN. The molecule has 1 atom stereocenters. The summed E-state index contributed by atoms with van der Waals surface area (Å²) in [5.74, 6) is 0. The van der Waals surface area contributed by atoms with Gasteiger partial charge in [0, 0.05) is 11.2 Å². The summed E-state index contributed by atoms with van der Waals surface area (Å²) >= 11 is 8.05. The van der Waals surface area contributed by atoms with E-state index in [0.717, 1.165) is 10.7 Å². The zero-order valence-electron chi connectivity index (χ0n) is 5.51. The topological polar surface area (TPSA) is 12.9 Å². The van der Waals surface area contributed by atoms with Crippen molar-refractivity contribution in [2.24, 2.45) is 0 Å². The third kappa shape index (κ3) is 2.09. The normalized spacial score (nSPS) is 13.1. The second-order valence-electron chi connectivity index (χ2n) is 2.01. The third-order valence-corrected chi connectivity index (χ3v) is 2.02. The Morgan fingerprint density at radius 2 is 2.40 bits per heavy atom. The van der Waals surface area contributed by atoms with Gasteiger partial charge in [-0.05, 0) is 19.1 Å². The van der Waals surface area contributed by atoms with Gasteiger partial charge in [0.15, 0.2) is 0 Å². The van der Waals surface area contributed by atoms with Crippen molar-refractivity contribution in [1.82, 2.24) is 4.98 Å². The lowest BCUT2D eigenvalue weighted by atomic mass is 10.3. The lowest BCUT2D eigenvalue weighted by Gasteiger charge is -2.00. The first-order chi connectivity index (χ1) is 4.70. The number of rotatable bonds is 1. The van der Waals surface area contributed by atoms with Crippen molar-refractivity contribution in [2.45, 2.75) is 10.8 Å². The molecule has 0 fully saturated rings. The van der Waals surface area contributed by atoms with Crippen molar-refractivity contribution < 1.29 is 0 Å². The van der Waals surface area contributed by atoms with Crippen LogP contribution in [0.3, 0.4) is 0 Å². The number of nitrogens with zero attached hydrogens (tertiary/aromatic N) is 1. The molecule has 0 aromatic carbocycles. The van der Waals surface area contributed by atoms with E-state index in [0.29, 0.717) is 3.92 Å². The summed E-state index contributed by atoms with van der Waals surface area (Å²) in [6.45, 7) is 2.08. The van der Waals surface area contributed by atoms with E-state index in [1.807, 2.05) is 6.07 Å². The summed E-state index contributed by atoms with van der Waals surface area (Å²) in [6.07, 6.45) is 1.73. The fourth-order valence-electron chi connectivity index (χ4n) is 0.639. The Morgan fingerprint density at radius 1 is 1.70 bits per heavy atom. The van der Waals surface area contributed by atoms with E-state index in [4.69, 9.17) is 11.6 Å². The molecule has 0 amide bonds. The Labute approximate surface area is 78.9 Å². The molecule has 0 radical (unpaired) electrons. The zero-order chi connectivity index (χ0) is 7.56. The van der Waals surface area contributed by atoms with E-state index >= 15 is 0 Å². The average Bonchev–Trinajstić information content (AvgIpc) is 1.88. The van der Waals surface area contributed by atoms with Gasteiger partial charge in [-0.1, -0.05) is 34.2 Å². The van der Waals surface area contributed by atoms with Crippen LogP contribution in [0.5, 0.6) is 0 Å². The molecule has 1 aromatic heterocycles. The minimum Gasteiger partial charge on any atom is -0.260 e. The van der Waals surface area contributed by atoms with Crippen molar-refractivity contribution in [1.29, 1.82) is 0 Å². The van der Waals surface area contributed by atoms with Crippen molar-refractivity contribution in [3.8, 4) is 0 Å². The van der Waals surface area contributed by atoms with Crippen LogP contribution in [0.4, 0.5) is 0 Å². The third-order valence-electron chi connectivity index (χ3n) is 1.15. The Balaban J connectivity index is 2.96. The van der Waals surface area contributed by atoms with Gasteiger partial charge in [-0.2, -0.15) is 0 Å². The monoisotopic (exact) mass is 267 g/mol. The predicted molar refractivity (Wildman–Crippen MR) is 51.7 cm³/mol. The van der Waals surface area contributed by atoms with Crippen LogP contribution in [0.1, 0.15) is 16.5 Å². The summed E-state index contributed by atoms with van der Waals surface area (Å²) < 4.78 is 0.427. The van der Waals surface area contributed by atoms with Crippen LogP contribution in [-0.2, 0) is 0 Å². The summed E-state index contributed by atoms with van der Waals surface area (Å²) in [5, 5.41) is 0.758. The highest BCUT2D eigenvalue weighted by molar-refractivity contribution is 14.1. The quantitative estimate of drug-likeness (QED) is 0.562. The van der Waals surface area contributed by atoms with E-state index in [2.05, 4.69) is 34.5 Å². The Kier molecular flexibility index (Phi) is 2.92. The molecule has 0 unspecified atom stereocenters. The number of alkyl halides is 1. The average molecular weight is 267 g/mol. The standard InChI is InChI=1S/C7H7ClIN/c1-5(9)7-4-6(8)2-3-10-7/h2-5H,1H3/t5-/m1/s1. The highest BCUT2D eigenvalue weighted by Crippen LogP contribution is 2.21. The molecule has 0 saturated carbocycles. The number of hydrogen-bond acceptors (Lipinski definition) is 1. The van der Waals surface area contributed by atoms with E-state index in [1.165, 1.54) is 0 Å². The molecule has 3 heteroatoms. The molecular weight excluding hydrogens is 260 g/mol. The maximum atomic E-state index is 5.75. The van der Waals surface area contributed by atoms with E-state index in [9.17, 15) is 0 Å². The van der Waals surface area contributed by atoms with Crippen molar-refractivity contribution >= 4 is 34.2 Å². The molecule has 54 valence electrons. The van der Waals surface area contributed by atoms with Gasteiger partial charge in [0.1, 0.15) is 0 Å². The van der Waals surface area contributed by atoms with Crippen LogP contribution in [0.15, 0.2) is 18.3 Å². The van der Waals surface area contributed by atoms with E-state index < -0.39 is 0 Å². The SMILES string of the molecule is C[C@@H](I)c1cc(Cl)ccn1. The minimum absolute atomic E-state index is 0.427. The molecule has 0 spiro atoms. The second-order valence-corrected chi connectivity index (χ2v) is 4.32. The number of hydrogen-bond donors (Lipinski definition) is 0. The van der Waals surface area contributed by atoms with E-state index in [1.54, 1.807) is 12.3 Å². The smallest absolute Gasteiger partial charge is 0.0543 e. The molecule has 0 bridgehead atoms. The molecule has 0 aliphatic carbocycles. The van der Waals surface area contributed by atoms with Gasteiger partial charge in [0.05, 0.1) is 9.62 Å². The van der Waals surface area contributed by atoms with Gasteiger partial charge in [0.2, 0.25) is 0 Å².